The number of nitrogens with one attached hydrogen (secondary N) is 1. The van der Waals surface area contributed by atoms with Gasteiger partial charge in [0.2, 0.25) is 5.88 Å². The van der Waals surface area contributed by atoms with E-state index in [1.54, 1.807) is 0 Å². The number of carbonyl (C=O) groups excluding carboxylic acids is 1. The summed E-state index contributed by atoms with van der Waals surface area (Å²) in [7, 11) is 1.11. The number of carbonyl (C=O) groups is 1. The van der Waals surface area contributed by atoms with Gasteiger partial charge in [0, 0.05) is 5.56 Å². The highest BCUT2D eigenvalue weighted by atomic mass is 19.1. The van der Waals surface area contributed by atoms with Crippen LogP contribution in [-0.4, -0.2) is 27.7 Å². The molecule has 0 saturated carbocycles. The number of benzene rings is 1. The molecule has 8 heteroatoms. The van der Waals surface area contributed by atoms with Gasteiger partial charge < -0.3 is 9.84 Å². The third kappa shape index (κ3) is 2.69. The van der Waals surface area contributed by atoms with Crippen LogP contribution in [0.3, 0.4) is 0 Å². The van der Waals surface area contributed by atoms with Crippen LogP contribution in [0.4, 0.5) is 4.39 Å². The van der Waals surface area contributed by atoms with E-state index in [-0.39, 0.29) is 5.56 Å². The van der Waals surface area contributed by atoms with E-state index in [1.807, 2.05) is 4.98 Å². The van der Waals surface area contributed by atoms with Crippen molar-refractivity contribution in [2.24, 2.45) is 0 Å². The van der Waals surface area contributed by atoms with E-state index < -0.39 is 41.0 Å². The Morgan fingerprint density at radius 1 is 1.38 bits per heavy atom. The zero-order valence-electron chi connectivity index (χ0n) is 10.9. The number of rotatable bonds is 3. The number of H-pyrrole nitrogens is 1. The first-order chi connectivity index (χ1) is 9.95. The van der Waals surface area contributed by atoms with Crippen molar-refractivity contribution in [1.82, 2.24) is 9.55 Å². The smallest absolute Gasteiger partial charge is 0.331 e. The standard InChI is InChI=1S/C13H11FN2O5/c1-21-9(17)6-16-12(19)10(11(18)15-13(16)20)7-4-2-3-5-8(7)14/h2-5,19H,6H2,1H3,(H,15,18,20). The van der Waals surface area contributed by atoms with Gasteiger partial charge in [-0.25, -0.2) is 9.18 Å². The van der Waals surface area contributed by atoms with Crippen LogP contribution in [-0.2, 0) is 16.1 Å². The molecule has 0 radical (unpaired) electrons. The highest BCUT2D eigenvalue weighted by molar-refractivity contribution is 5.71. The monoisotopic (exact) mass is 294 g/mol. The number of aromatic hydroxyl groups is 1. The minimum Gasteiger partial charge on any atom is -0.494 e. The van der Waals surface area contributed by atoms with E-state index >= 15 is 0 Å². The Morgan fingerprint density at radius 2 is 2.05 bits per heavy atom. The molecule has 110 valence electrons. The molecule has 0 unspecified atom stereocenters. The molecule has 0 fully saturated rings. The van der Waals surface area contributed by atoms with Crippen molar-refractivity contribution in [2.75, 3.05) is 7.11 Å². The van der Waals surface area contributed by atoms with Crippen molar-refractivity contribution >= 4 is 5.97 Å². The Bertz CT molecular complexity index is 809. The minimum absolute atomic E-state index is 0.185. The number of ether oxygens (including phenoxy) is 1. The third-order valence-corrected chi connectivity index (χ3v) is 2.83. The van der Waals surface area contributed by atoms with Gasteiger partial charge in [0.1, 0.15) is 17.9 Å². The van der Waals surface area contributed by atoms with Crippen LogP contribution >= 0.6 is 0 Å². The lowest BCUT2D eigenvalue weighted by Gasteiger charge is -2.10. The highest BCUT2D eigenvalue weighted by Crippen LogP contribution is 2.26. The van der Waals surface area contributed by atoms with Crippen molar-refractivity contribution in [3.8, 4) is 17.0 Å². The number of aromatic nitrogens is 2. The Hall–Kier alpha value is -2.90. The number of nitrogens with zero attached hydrogens (tertiary/aromatic N) is 1. The van der Waals surface area contributed by atoms with E-state index in [0.29, 0.717) is 4.57 Å². The summed E-state index contributed by atoms with van der Waals surface area (Å²) < 4.78 is 18.7. The first kappa shape index (κ1) is 14.5. The Balaban J connectivity index is 2.71. The minimum atomic E-state index is -0.997. The van der Waals surface area contributed by atoms with Gasteiger partial charge >= 0.3 is 11.7 Å². The molecule has 1 aromatic carbocycles. The molecule has 0 atom stereocenters. The lowest BCUT2D eigenvalue weighted by atomic mass is 10.1. The van der Waals surface area contributed by atoms with Crippen LogP contribution in [0.5, 0.6) is 5.88 Å². The largest absolute Gasteiger partial charge is 0.494 e. The summed E-state index contributed by atoms with van der Waals surface area (Å²) in [6, 6.07) is 5.25. The third-order valence-electron chi connectivity index (χ3n) is 2.83. The van der Waals surface area contributed by atoms with Crippen LogP contribution in [0.2, 0.25) is 0 Å². The zero-order chi connectivity index (χ0) is 15.6. The molecule has 21 heavy (non-hydrogen) atoms. The summed E-state index contributed by atoms with van der Waals surface area (Å²) in [5.74, 6) is -2.36. The van der Waals surface area contributed by atoms with Crippen LogP contribution in [0.1, 0.15) is 0 Å². The van der Waals surface area contributed by atoms with E-state index in [2.05, 4.69) is 4.74 Å². The van der Waals surface area contributed by atoms with Gasteiger partial charge in [0.05, 0.1) is 7.11 Å². The first-order valence-corrected chi connectivity index (χ1v) is 5.83. The lowest BCUT2D eigenvalue weighted by Crippen LogP contribution is -2.33. The van der Waals surface area contributed by atoms with Gasteiger partial charge in [-0.2, -0.15) is 0 Å². The topological polar surface area (TPSA) is 101 Å². The normalized spacial score (nSPS) is 10.4. The predicted molar refractivity (Wildman–Crippen MR) is 70.4 cm³/mol. The first-order valence-electron chi connectivity index (χ1n) is 5.83. The van der Waals surface area contributed by atoms with Crippen LogP contribution < -0.4 is 11.2 Å². The fourth-order valence-electron chi connectivity index (χ4n) is 1.81. The summed E-state index contributed by atoms with van der Waals surface area (Å²) in [4.78, 5) is 36.6. The fourth-order valence-corrected chi connectivity index (χ4v) is 1.81. The Kier molecular flexibility index (Phi) is 3.88. The molecule has 7 nitrogen and oxygen atoms in total. The van der Waals surface area contributed by atoms with Crippen molar-refractivity contribution < 1.29 is 19.0 Å². The molecular formula is C13H11FN2O5. The maximum absolute atomic E-state index is 13.8. The summed E-state index contributed by atoms with van der Waals surface area (Å²) in [6.45, 7) is -0.612. The summed E-state index contributed by atoms with van der Waals surface area (Å²) in [5, 5.41) is 10.0. The molecule has 2 N–H and O–H groups in total. The second-order valence-electron chi connectivity index (χ2n) is 4.10. The number of aromatic amines is 1. The highest BCUT2D eigenvalue weighted by Gasteiger charge is 2.20. The van der Waals surface area contributed by atoms with E-state index in [1.165, 1.54) is 18.2 Å². The molecule has 0 bridgehead atoms. The van der Waals surface area contributed by atoms with Gasteiger partial charge in [-0.1, -0.05) is 18.2 Å². The van der Waals surface area contributed by atoms with Gasteiger partial charge in [-0.3, -0.25) is 19.1 Å². The van der Waals surface area contributed by atoms with E-state index in [9.17, 15) is 23.9 Å². The summed E-state index contributed by atoms with van der Waals surface area (Å²) in [6.07, 6.45) is 0. The van der Waals surface area contributed by atoms with E-state index in [0.717, 1.165) is 13.2 Å². The average Bonchev–Trinajstić information content (AvgIpc) is 2.45. The van der Waals surface area contributed by atoms with Gasteiger partial charge in [0.15, 0.2) is 0 Å². The molecule has 0 aliphatic rings. The number of hydrogen-bond acceptors (Lipinski definition) is 5. The Morgan fingerprint density at radius 3 is 2.67 bits per heavy atom. The quantitative estimate of drug-likeness (QED) is 0.789. The zero-order valence-corrected chi connectivity index (χ0v) is 10.9. The molecule has 0 aliphatic carbocycles. The van der Waals surface area contributed by atoms with Crippen LogP contribution in [0, 0.1) is 5.82 Å². The fraction of sp³-hybridized carbons (Fsp3) is 0.154. The molecular weight excluding hydrogens is 283 g/mol. The van der Waals surface area contributed by atoms with Crippen molar-refractivity contribution in [1.29, 1.82) is 0 Å². The van der Waals surface area contributed by atoms with Gasteiger partial charge in [-0.05, 0) is 6.07 Å². The maximum atomic E-state index is 13.8. The molecule has 0 amide bonds. The summed E-state index contributed by atoms with van der Waals surface area (Å²) in [5.41, 5.74) is -2.57. The second kappa shape index (κ2) is 5.61. The number of esters is 1. The van der Waals surface area contributed by atoms with Crippen molar-refractivity contribution in [3.63, 3.8) is 0 Å². The molecule has 0 saturated heterocycles. The molecule has 2 aromatic rings. The van der Waals surface area contributed by atoms with Crippen LogP contribution in [0.15, 0.2) is 33.9 Å². The molecule has 1 heterocycles. The molecule has 0 spiro atoms. The SMILES string of the molecule is COC(=O)Cn1c(O)c(-c2ccccc2F)c(=O)[nH]c1=O. The molecule has 1 aromatic heterocycles. The number of halogens is 1. The number of methoxy groups -OCH3 is 1. The number of hydrogen-bond donors (Lipinski definition) is 2. The lowest BCUT2D eigenvalue weighted by molar-refractivity contribution is -0.141. The van der Waals surface area contributed by atoms with Crippen molar-refractivity contribution in [2.45, 2.75) is 6.54 Å². The summed E-state index contributed by atoms with van der Waals surface area (Å²) >= 11 is 0. The average molecular weight is 294 g/mol. The second-order valence-corrected chi connectivity index (χ2v) is 4.10. The molecule has 2 rings (SSSR count). The predicted octanol–water partition coefficient (Wildman–Crippen LogP) is 0.221. The van der Waals surface area contributed by atoms with E-state index in [4.69, 9.17) is 0 Å². The van der Waals surface area contributed by atoms with Crippen molar-refractivity contribution in [3.05, 3.63) is 50.9 Å². The van der Waals surface area contributed by atoms with Crippen LogP contribution in [0.25, 0.3) is 11.1 Å². The van der Waals surface area contributed by atoms with Gasteiger partial charge in [-0.15, -0.1) is 0 Å². The Labute approximate surface area is 117 Å². The molecule has 0 aliphatic heterocycles. The maximum Gasteiger partial charge on any atom is 0.331 e. The van der Waals surface area contributed by atoms with Gasteiger partial charge in [0.25, 0.3) is 5.56 Å².